The number of carboxylic acids is 1. The first-order valence-corrected chi connectivity index (χ1v) is 15.7. The summed E-state index contributed by atoms with van der Waals surface area (Å²) in [6.45, 7) is 3.86. The van der Waals surface area contributed by atoms with Crippen molar-refractivity contribution < 1.29 is 42.9 Å². The fourth-order valence-corrected chi connectivity index (χ4v) is 5.82. The molecular formula is C35H35FO9S. The van der Waals surface area contributed by atoms with Crippen LogP contribution in [-0.4, -0.2) is 38.9 Å². The third kappa shape index (κ3) is 8.76. The van der Waals surface area contributed by atoms with E-state index >= 15 is 0 Å². The van der Waals surface area contributed by atoms with Gasteiger partial charge >= 0.3 is 5.97 Å². The summed E-state index contributed by atoms with van der Waals surface area (Å²) in [7, 11) is 0. The molecule has 242 valence electrons. The molecule has 0 saturated heterocycles. The molecule has 0 amide bonds. The largest absolute Gasteiger partial charge is 0.507 e. The molecule has 9 nitrogen and oxygen atoms in total. The molecule has 46 heavy (non-hydrogen) atoms. The lowest BCUT2D eigenvalue weighted by Gasteiger charge is -2.18. The third-order valence-electron chi connectivity index (χ3n) is 7.07. The lowest BCUT2D eigenvalue weighted by atomic mass is 10.0. The van der Waals surface area contributed by atoms with E-state index in [0.717, 1.165) is 37.8 Å². The van der Waals surface area contributed by atoms with Crippen molar-refractivity contribution in [3.05, 3.63) is 112 Å². The SMILES string of the molecule is CCCc1c(OCCCCC=CC=C[C@H](Sc2ccc3c(=O)cc(C(=O)O)oc3c2)[C@H](O)c2ccc(F)o2)ccc(C(C)=O)c1O. The number of carbonyl (C=O) groups excluding carboxylic acids is 1. The van der Waals surface area contributed by atoms with Crippen LogP contribution in [0.25, 0.3) is 11.0 Å². The molecule has 0 aliphatic heterocycles. The number of phenols is 1. The lowest BCUT2D eigenvalue weighted by molar-refractivity contribution is 0.0662. The fourth-order valence-electron chi connectivity index (χ4n) is 4.75. The lowest BCUT2D eigenvalue weighted by Crippen LogP contribution is -2.12. The minimum Gasteiger partial charge on any atom is -0.507 e. The van der Waals surface area contributed by atoms with Crippen molar-refractivity contribution in [1.82, 2.24) is 0 Å². The molecule has 0 aliphatic rings. The van der Waals surface area contributed by atoms with Gasteiger partial charge in [-0.15, -0.1) is 11.8 Å². The number of carboxylic acid groups (broad SMARTS) is 1. The zero-order valence-corrected chi connectivity index (χ0v) is 26.2. The second-order valence-electron chi connectivity index (χ2n) is 10.5. The van der Waals surface area contributed by atoms with Crippen molar-refractivity contribution in [1.29, 1.82) is 0 Å². The molecule has 0 unspecified atom stereocenters. The van der Waals surface area contributed by atoms with Crippen LogP contribution < -0.4 is 10.2 Å². The van der Waals surface area contributed by atoms with Gasteiger partial charge in [-0.3, -0.25) is 9.59 Å². The van der Waals surface area contributed by atoms with Crippen LogP contribution in [0.5, 0.6) is 11.5 Å². The molecule has 0 bridgehead atoms. The molecule has 4 rings (SSSR count). The van der Waals surface area contributed by atoms with Gasteiger partial charge in [0.05, 0.1) is 22.8 Å². The average molecular weight is 651 g/mol. The van der Waals surface area contributed by atoms with Gasteiger partial charge in [-0.25, -0.2) is 4.79 Å². The maximum absolute atomic E-state index is 13.6. The van der Waals surface area contributed by atoms with Crippen LogP contribution in [-0.2, 0) is 6.42 Å². The van der Waals surface area contributed by atoms with Gasteiger partial charge in [-0.2, -0.15) is 4.39 Å². The number of rotatable bonds is 16. The monoisotopic (exact) mass is 650 g/mol. The van der Waals surface area contributed by atoms with Gasteiger partial charge in [0.15, 0.2) is 11.2 Å². The number of aliphatic hydroxyl groups excluding tert-OH is 1. The quantitative estimate of drug-likeness (QED) is 0.0478. The fraction of sp³-hybridized carbons (Fsp3) is 0.286. The van der Waals surface area contributed by atoms with Gasteiger partial charge in [0.25, 0.3) is 6.01 Å². The number of allylic oxidation sites excluding steroid dienone is 3. The van der Waals surface area contributed by atoms with Gasteiger partial charge in [-0.1, -0.05) is 37.6 Å². The Labute approximate surface area is 269 Å². The Morgan fingerprint density at radius 1 is 1.07 bits per heavy atom. The van der Waals surface area contributed by atoms with E-state index in [1.54, 1.807) is 30.4 Å². The number of thioether (sulfide) groups is 1. The van der Waals surface area contributed by atoms with E-state index in [-0.39, 0.29) is 28.3 Å². The summed E-state index contributed by atoms with van der Waals surface area (Å²) in [5.41, 5.74) is 0.536. The molecule has 3 N–H and O–H groups in total. The second kappa shape index (κ2) is 16.1. The van der Waals surface area contributed by atoms with Crippen LogP contribution in [0.3, 0.4) is 0 Å². The first kappa shape index (κ1) is 34.3. The standard InChI is InChI=1S/C35H35FO9S/c1-3-10-25-27(15-14-23(21(2)37)33(25)39)43-18-9-7-5-4-6-8-11-31(34(40)28-16-17-32(36)45-28)46-22-12-13-24-26(38)20-30(35(41)42)44-29(24)19-22/h4,6,8,11-17,19-20,31,34,39-40H,3,5,7,9-10,18H2,1-2H3,(H,41,42)/t31-,34+/m0/s1. The minimum atomic E-state index is -1.37. The Bertz CT molecular complexity index is 1800. The van der Waals surface area contributed by atoms with Crippen molar-refractivity contribution in [2.24, 2.45) is 0 Å². The van der Waals surface area contributed by atoms with Crippen LogP contribution in [0.1, 0.15) is 77.9 Å². The summed E-state index contributed by atoms with van der Waals surface area (Å²) in [6, 6.07) is 10.6. The Hall–Kier alpha value is -4.61. The number of halogens is 1. The Morgan fingerprint density at radius 2 is 1.87 bits per heavy atom. The Balaban J connectivity index is 1.37. The highest BCUT2D eigenvalue weighted by Gasteiger charge is 2.24. The summed E-state index contributed by atoms with van der Waals surface area (Å²) in [4.78, 5) is 36.0. The molecule has 0 aliphatic carbocycles. The van der Waals surface area contributed by atoms with E-state index in [0.29, 0.717) is 34.8 Å². The number of benzene rings is 2. The highest BCUT2D eigenvalue weighted by Crippen LogP contribution is 2.36. The highest BCUT2D eigenvalue weighted by atomic mass is 32.2. The number of aliphatic hydroxyl groups is 1. The van der Waals surface area contributed by atoms with Gasteiger partial charge < -0.3 is 28.9 Å². The summed E-state index contributed by atoms with van der Waals surface area (Å²) < 4.78 is 29.8. The van der Waals surface area contributed by atoms with Crippen LogP contribution >= 0.6 is 11.8 Å². The van der Waals surface area contributed by atoms with E-state index in [2.05, 4.69) is 0 Å². The molecule has 2 aromatic carbocycles. The van der Waals surface area contributed by atoms with Crippen molar-refractivity contribution in [2.75, 3.05) is 6.61 Å². The molecule has 11 heteroatoms. The molecule has 2 heterocycles. The molecule has 0 spiro atoms. The zero-order valence-electron chi connectivity index (χ0n) is 25.4. The molecule has 0 saturated carbocycles. The van der Waals surface area contributed by atoms with Crippen LogP contribution in [0, 0.1) is 6.01 Å². The Morgan fingerprint density at radius 3 is 2.57 bits per heavy atom. The van der Waals surface area contributed by atoms with Crippen LogP contribution in [0.15, 0.2) is 91.4 Å². The first-order chi connectivity index (χ1) is 22.1. The zero-order chi connectivity index (χ0) is 33.2. The van der Waals surface area contributed by atoms with E-state index in [4.69, 9.17) is 13.6 Å². The topological polar surface area (TPSA) is 147 Å². The van der Waals surface area contributed by atoms with Gasteiger partial charge in [0.1, 0.15) is 28.9 Å². The van der Waals surface area contributed by atoms with E-state index in [1.165, 1.54) is 36.9 Å². The number of ether oxygens (including phenoxy) is 1. The summed E-state index contributed by atoms with van der Waals surface area (Å²) in [5, 5.41) is 30.3. The molecule has 2 aromatic heterocycles. The predicted octanol–water partition coefficient (Wildman–Crippen LogP) is 7.64. The number of carbonyl (C=O) groups is 2. The molecule has 2 atom stereocenters. The summed E-state index contributed by atoms with van der Waals surface area (Å²) in [5.74, 6) is -1.44. The molecule has 0 fully saturated rings. The number of aromatic hydroxyl groups is 1. The number of ketones is 1. The number of Topliss-reactive ketones (excluding diaryl/α,β-unsaturated/α-hetero) is 1. The van der Waals surface area contributed by atoms with Crippen molar-refractivity contribution in [2.45, 2.75) is 62.2 Å². The number of aromatic carboxylic acids is 1. The smallest absolute Gasteiger partial charge is 0.371 e. The van der Waals surface area contributed by atoms with Crippen molar-refractivity contribution in [3.63, 3.8) is 0 Å². The normalized spacial score (nSPS) is 13.0. The van der Waals surface area contributed by atoms with Gasteiger partial charge in [0.2, 0.25) is 5.76 Å². The number of hydrogen-bond acceptors (Lipinski definition) is 9. The predicted molar refractivity (Wildman–Crippen MR) is 172 cm³/mol. The van der Waals surface area contributed by atoms with Gasteiger partial charge in [0, 0.05) is 22.6 Å². The van der Waals surface area contributed by atoms with E-state index in [9.17, 15) is 34.1 Å². The first-order valence-electron chi connectivity index (χ1n) is 14.8. The minimum absolute atomic E-state index is 0.0140. The second-order valence-corrected chi connectivity index (χ2v) is 11.8. The molecule has 4 aromatic rings. The summed E-state index contributed by atoms with van der Waals surface area (Å²) in [6.07, 6.45) is 9.82. The molecule has 0 radical (unpaired) electrons. The Kier molecular flexibility index (Phi) is 12.0. The van der Waals surface area contributed by atoms with Crippen LogP contribution in [0.2, 0.25) is 0 Å². The van der Waals surface area contributed by atoms with E-state index < -0.39 is 34.5 Å². The molecular weight excluding hydrogens is 615 g/mol. The number of hydrogen-bond donors (Lipinski definition) is 3. The highest BCUT2D eigenvalue weighted by molar-refractivity contribution is 8.00. The maximum atomic E-state index is 13.6. The number of furan rings is 1. The number of phenolic OH excluding ortho intramolecular Hbond substituents is 1. The van der Waals surface area contributed by atoms with Gasteiger partial charge in [-0.05, 0) is 69.0 Å². The van der Waals surface area contributed by atoms with E-state index in [1.807, 2.05) is 19.1 Å². The number of fused-ring (bicyclic) bond motifs is 1. The van der Waals surface area contributed by atoms with Crippen molar-refractivity contribution >= 4 is 34.5 Å². The maximum Gasteiger partial charge on any atom is 0.371 e. The number of unbranched alkanes of at least 4 members (excludes halogenated alkanes) is 2. The van der Waals surface area contributed by atoms with Crippen molar-refractivity contribution in [3.8, 4) is 11.5 Å². The third-order valence-corrected chi connectivity index (χ3v) is 8.28. The average Bonchev–Trinajstić information content (AvgIpc) is 3.46. The summed E-state index contributed by atoms with van der Waals surface area (Å²) >= 11 is 1.20. The van der Waals surface area contributed by atoms with Crippen LogP contribution in [0.4, 0.5) is 4.39 Å².